The number of anilines is 1. The largest absolute Gasteiger partial charge is 0.369 e. The smallest absolute Gasteiger partial charge is 0.261 e. The van der Waals surface area contributed by atoms with Gasteiger partial charge < -0.3 is 14.7 Å². The summed E-state index contributed by atoms with van der Waals surface area (Å²) in [5.74, 6) is -0.0706. The predicted molar refractivity (Wildman–Crippen MR) is 156 cm³/mol. The van der Waals surface area contributed by atoms with Gasteiger partial charge >= 0.3 is 0 Å². The number of hydrogen-bond donors (Lipinski definition) is 0. The van der Waals surface area contributed by atoms with Crippen molar-refractivity contribution in [3.8, 4) is 0 Å². The van der Waals surface area contributed by atoms with E-state index < -0.39 is 0 Å². The molecule has 0 radical (unpaired) electrons. The molecule has 208 valence electrons. The zero-order chi connectivity index (χ0) is 28.1. The van der Waals surface area contributed by atoms with Crippen LogP contribution in [0.2, 0.25) is 10.0 Å². The van der Waals surface area contributed by atoms with E-state index in [9.17, 15) is 14.4 Å². The Labute approximate surface area is 238 Å². The number of amides is 2. The summed E-state index contributed by atoms with van der Waals surface area (Å²) in [4.78, 5) is 50.9. The minimum Gasteiger partial charge on any atom is -0.369 e. The van der Waals surface area contributed by atoms with E-state index >= 15 is 0 Å². The molecule has 1 aliphatic rings. The Morgan fingerprint density at radius 3 is 2.31 bits per heavy atom. The molecule has 4 rings (SSSR count). The Morgan fingerprint density at radius 1 is 0.923 bits per heavy atom. The lowest BCUT2D eigenvalue weighted by Crippen LogP contribution is -2.50. The van der Waals surface area contributed by atoms with Crippen LogP contribution in [0.1, 0.15) is 19.4 Å². The van der Waals surface area contributed by atoms with Gasteiger partial charge in [0.05, 0.1) is 33.8 Å². The van der Waals surface area contributed by atoms with Crippen molar-refractivity contribution < 1.29 is 9.59 Å². The van der Waals surface area contributed by atoms with Gasteiger partial charge in [0.2, 0.25) is 11.8 Å². The number of rotatable bonds is 9. The first-order valence-electron chi connectivity index (χ1n) is 13.1. The fourth-order valence-electron chi connectivity index (χ4n) is 4.75. The van der Waals surface area contributed by atoms with Gasteiger partial charge in [0.15, 0.2) is 0 Å². The molecule has 1 saturated heterocycles. The maximum atomic E-state index is 13.3. The van der Waals surface area contributed by atoms with Crippen LogP contribution in [0.3, 0.4) is 0 Å². The predicted octanol–water partition coefficient (Wildman–Crippen LogP) is 3.35. The number of carbonyl (C=O) groups is 2. The van der Waals surface area contributed by atoms with Gasteiger partial charge in [-0.3, -0.25) is 23.9 Å². The van der Waals surface area contributed by atoms with Crippen LogP contribution < -0.4 is 10.5 Å². The van der Waals surface area contributed by atoms with Crippen LogP contribution in [0.5, 0.6) is 0 Å². The molecule has 0 bridgehead atoms. The normalized spacial score (nSPS) is 14.0. The molecule has 3 aromatic rings. The quantitative estimate of drug-likeness (QED) is 0.391. The summed E-state index contributed by atoms with van der Waals surface area (Å²) in [6, 6.07) is 10.9. The minimum absolute atomic E-state index is 0.122. The standard InChI is InChI=1S/C28H34Cl2N6O3/c1-4-34(5-2)27(38)17-33-10-12-35(13-11-33)21-7-9-25-22(15-21)28(39)36(19-31-25)18-26(37)32(3)16-20-6-8-23(29)24(30)14-20/h6-9,14-15,19H,4-5,10-13,16-18H2,1-3H3. The van der Waals surface area contributed by atoms with Crippen LogP contribution in [0.4, 0.5) is 5.69 Å². The van der Waals surface area contributed by atoms with Crippen molar-refractivity contribution in [3.63, 3.8) is 0 Å². The van der Waals surface area contributed by atoms with Crippen LogP contribution in [0.15, 0.2) is 47.5 Å². The van der Waals surface area contributed by atoms with Gasteiger partial charge in [0.1, 0.15) is 6.54 Å². The second-order valence-electron chi connectivity index (χ2n) is 9.71. The van der Waals surface area contributed by atoms with Crippen LogP contribution in [-0.4, -0.2) is 88.9 Å². The Kier molecular flexibility index (Phi) is 9.48. The average Bonchev–Trinajstić information content (AvgIpc) is 2.93. The van der Waals surface area contributed by atoms with Gasteiger partial charge in [-0.25, -0.2) is 4.98 Å². The Hall–Kier alpha value is -3.14. The summed E-state index contributed by atoms with van der Waals surface area (Å²) >= 11 is 12.1. The SMILES string of the molecule is CCN(CC)C(=O)CN1CCN(c2ccc3ncn(CC(=O)N(C)Cc4ccc(Cl)c(Cl)c4)c(=O)c3c2)CC1. The molecule has 2 amide bonds. The molecular formula is C28H34Cl2N6O3. The third-order valence-electron chi connectivity index (χ3n) is 7.16. The lowest BCUT2D eigenvalue weighted by Gasteiger charge is -2.36. The molecular weight excluding hydrogens is 539 g/mol. The molecule has 0 saturated carbocycles. The Bertz CT molecular complexity index is 1400. The molecule has 2 aromatic carbocycles. The first kappa shape index (κ1) is 28.9. The monoisotopic (exact) mass is 572 g/mol. The van der Waals surface area contributed by atoms with Crippen molar-refractivity contribution in [1.29, 1.82) is 0 Å². The Balaban J connectivity index is 1.42. The molecule has 2 heterocycles. The van der Waals surface area contributed by atoms with Crippen LogP contribution in [0, 0.1) is 0 Å². The van der Waals surface area contributed by atoms with Crippen LogP contribution in [-0.2, 0) is 22.7 Å². The molecule has 9 nitrogen and oxygen atoms in total. The second-order valence-corrected chi connectivity index (χ2v) is 10.5. The Morgan fingerprint density at radius 2 is 1.64 bits per heavy atom. The summed E-state index contributed by atoms with van der Waals surface area (Å²) in [7, 11) is 1.68. The van der Waals surface area contributed by atoms with E-state index in [0.29, 0.717) is 34.0 Å². The van der Waals surface area contributed by atoms with E-state index in [0.717, 1.165) is 50.5 Å². The highest BCUT2D eigenvalue weighted by molar-refractivity contribution is 6.42. The van der Waals surface area contributed by atoms with Crippen molar-refractivity contribution >= 4 is 51.6 Å². The molecule has 0 atom stereocenters. The van der Waals surface area contributed by atoms with Crippen LogP contribution in [0.25, 0.3) is 10.9 Å². The fourth-order valence-corrected chi connectivity index (χ4v) is 5.08. The molecule has 0 aliphatic carbocycles. The molecule has 39 heavy (non-hydrogen) atoms. The minimum atomic E-state index is -0.262. The van der Waals surface area contributed by atoms with Crippen LogP contribution >= 0.6 is 23.2 Å². The number of benzene rings is 2. The number of carbonyl (C=O) groups excluding carboxylic acids is 2. The lowest BCUT2D eigenvalue weighted by molar-refractivity contribution is -0.132. The third-order valence-corrected chi connectivity index (χ3v) is 7.89. The van der Waals surface area contributed by atoms with E-state index in [-0.39, 0.29) is 23.9 Å². The van der Waals surface area contributed by atoms with E-state index in [1.54, 1.807) is 19.2 Å². The topological polar surface area (TPSA) is 82.0 Å². The zero-order valence-corrected chi connectivity index (χ0v) is 24.1. The van der Waals surface area contributed by atoms with Gasteiger partial charge in [0.25, 0.3) is 5.56 Å². The van der Waals surface area contributed by atoms with Crippen molar-refractivity contribution in [1.82, 2.24) is 24.3 Å². The van der Waals surface area contributed by atoms with Gasteiger partial charge in [-0.15, -0.1) is 0 Å². The molecule has 0 unspecified atom stereocenters. The number of likely N-dealkylation sites (N-methyl/N-ethyl adjacent to an activating group) is 2. The summed E-state index contributed by atoms with van der Waals surface area (Å²) in [5.41, 5.74) is 2.09. The summed E-state index contributed by atoms with van der Waals surface area (Å²) in [6.07, 6.45) is 1.42. The highest BCUT2D eigenvalue weighted by Gasteiger charge is 2.22. The van der Waals surface area contributed by atoms with E-state index in [1.807, 2.05) is 43.0 Å². The van der Waals surface area contributed by atoms with Crippen molar-refractivity contribution in [2.75, 3.05) is 57.8 Å². The number of halogens is 2. The number of piperazine rings is 1. The maximum Gasteiger partial charge on any atom is 0.261 e. The van der Waals surface area contributed by atoms with E-state index in [2.05, 4.69) is 14.8 Å². The average molecular weight is 574 g/mol. The highest BCUT2D eigenvalue weighted by Crippen LogP contribution is 2.23. The maximum absolute atomic E-state index is 13.3. The molecule has 1 aromatic heterocycles. The lowest BCUT2D eigenvalue weighted by atomic mass is 10.2. The van der Waals surface area contributed by atoms with Crippen molar-refractivity contribution in [2.24, 2.45) is 0 Å². The summed E-state index contributed by atoms with van der Waals surface area (Å²) in [5, 5.41) is 1.35. The van der Waals surface area contributed by atoms with E-state index in [4.69, 9.17) is 23.2 Å². The number of hydrogen-bond acceptors (Lipinski definition) is 6. The summed E-state index contributed by atoms with van der Waals surface area (Å²) in [6.45, 7) is 9.10. The molecule has 0 spiro atoms. The highest BCUT2D eigenvalue weighted by atomic mass is 35.5. The fraction of sp³-hybridized carbons (Fsp3) is 0.429. The third kappa shape index (κ3) is 6.90. The molecule has 11 heteroatoms. The zero-order valence-electron chi connectivity index (χ0n) is 22.6. The summed E-state index contributed by atoms with van der Waals surface area (Å²) < 4.78 is 1.34. The van der Waals surface area contributed by atoms with Gasteiger partial charge in [-0.05, 0) is 49.7 Å². The van der Waals surface area contributed by atoms with Gasteiger partial charge in [-0.1, -0.05) is 29.3 Å². The van der Waals surface area contributed by atoms with Crippen molar-refractivity contribution in [2.45, 2.75) is 26.9 Å². The number of aromatic nitrogens is 2. The molecule has 1 aliphatic heterocycles. The number of nitrogens with zero attached hydrogens (tertiary/aromatic N) is 6. The number of fused-ring (bicyclic) bond motifs is 1. The van der Waals surface area contributed by atoms with Crippen molar-refractivity contribution in [3.05, 3.63) is 68.7 Å². The first-order valence-corrected chi connectivity index (χ1v) is 13.9. The van der Waals surface area contributed by atoms with Gasteiger partial charge in [0, 0.05) is 58.5 Å². The molecule has 1 fully saturated rings. The molecule has 0 N–H and O–H groups in total. The second kappa shape index (κ2) is 12.8. The van der Waals surface area contributed by atoms with Gasteiger partial charge in [-0.2, -0.15) is 0 Å². The first-order chi connectivity index (χ1) is 18.7. The van der Waals surface area contributed by atoms with E-state index in [1.165, 1.54) is 15.8 Å².